The van der Waals surface area contributed by atoms with Gasteiger partial charge in [0.05, 0.1) is 5.92 Å². The lowest BCUT2D eigenvalue weighted by Crippen LogP contribution is -2.22. The third-order valence-corrected chi connectivity index (χ3v) is 2.42. The van der Waals surface area contributed by atoms with E-state index in [0.717, 1.165) is 12.8 Å². The van der Waals surface area contributed by atoms with Gasteiger partial charge >= 0.3 is 11.9 Å². The van der Waals surface area contributed by atoms with Crippen LogP contribution in [0.25, 0.3) is 0 Å². The molecule has 0 aromatic rings. The molecule has 14 heavy (non-hydrogen) atoms. The van der Waals surface area contributed by atoms with Crippen LogP contribution in [0.5, 0.6) is 0 Å². The molecule has 0 fully saturated rings. The van der Waals surface area contributed by atoms with Gasteiger partial charge in [0.1, 0.15) is 0 Å². The maximum Gasteiger partial charge on any atom is 0.306 e. The van der Waals surface area contributed by atoms with Crippen LogP contribution < -0.4 is 0 Å². The van der Waals surface area contributed by atoms with Crippen LogP contribution in [-0.4, -0.2) is 22.2 Å². The first kappa shape index (κ1) is 12.9. The fourth-order valence-electron chi connectivity index (χ4n) is 1.59. The number of hydrogen-bond donors (Lipinski definition) is 2. The van der Waals surface area contributed by atoms with Crippen molar-refractivity contribution in [2.75, 3.05) is 0 Å². The Labute approximate surface area is 83.9 Å². The Bertz CT molecular complexity index is 200. The molecule has 4 nitrogen and oxygen atoms in total. The van der Waals surface area contributed by atoms with Gasteiger partial charge < -0.3 is 10.2 Å². The summed E-state index contributed by atoms with van der Waals surface area (Å²) >= 11 is 0. The predicted octanol–water partition coefficient (Wildman–Crippen LogP) is 1.99. The monoisotopic (exact) mass is 202 g/mol. The summed E-state index contributed by atoms with van der Waals surface area (Å²) in [6.07, 6.45) is 1.92. The summed E-state index contributed by atoms with van der Waals surface area (Å²) in [7, 11) is 0. The summed E-state index contributed by atoms with van der Waals surface area (Å²) < 4.78 is 0. The zero-order valence-electron chi connectivity index (χ0n) is 8.69. The number of hydrogen-bond acceptors (Lipinski definition) is 2. The van der Waals surface area contributed by atoms with E-state index in [1.54, 1.807) is 0 Å². The molecule has 0 aliphatic carbocycles. The Balaban J connectivity index is 4.14. The summed E-state index contributed by atoms with van der Waals surface area (Å²) in [5.41, 5.74) is 0. The topological polar surface area (TPSA) is 74.6 Å². The highest BCUT2D eigenvalue weighted by atomic mass is 16.4. The second-order valence-corrected chi connectivity index (χ2v) is 3.64. The van der Waals surface area contributed by atoms with Gasteiger partial charge in [-0.2, -0.15) is 0 Å². The van der Waals surface area contributed by atoms with Crippen LogP contribution in [0.2, 0.25) is 0 Å². The fourth-order valence-corrected chi connectivity index (χ4v) is 1.59. The van der Waals surface area contributed by atoms with Crippen LogP contribution >= 0.6 is 0 Å². The first-order valence-electron chi connectivity index (χ1n) is 4.93. The maximum atomic E-state index is 10.8. The third kappa shape index (κ3) is 4.84. The van der Waals surface area contributed by atoms with Gasteiger partial charge in [-0.25, -0.2) is 0 Å². The van der Waals surface area contributed by atoms with Crippen molar-refractivity contribution in [3.63, 3.8) is 0 Å². The van der Waals surface area contributed by atoms with Gasteiger partial charge in [-0.3, -0.25) is 9.59 Å². The molecule has 4 heteroatoms. The average molecular weight is 202 g/mol. The minimum absolute atomic E-state index is 0.0526. The Hall–Kier alpha value is -1.06. The lowest BCUT2D eigenvalue weighted by molar-refractivity contribution is -0.144. The molecular weight excluding hydrogens is 184 g/mol. The van der Waals surface area contributed by atoms with E-state index in [2.05, 4.69) is 0 Å². The molecule has 2 atom stereocenters. The molecule has 0 aromatic carbocycles. The van der Waals surface area contributed by atoms with E-state index in [1.165, 1.54) is 0 Å². The van der Waals surface area contributed by atoms with E-state index in [4.69, 9.17) is 10.2 Å². The minimum Gasteiger partial charge on any atom is -0.481 e. The first-order chi connectivity index (χ1) is 6.49. The molecule has 2 unspecified atom stereocenters. The quantitative estimate of drug-likeness (QED) is 0.662. The Morgan fingerprint density at radius 1 is 1.21 bits per heavy atom. The largest absolute Gasteiger partial charge is 0.481 e. The summed E-state index contributed by atoms with van der Waals surface area (Å²) in [5.74, 6) is -2.28. The molecule has 0 amide bonds. The van der Waals surface area contributed by atoms with Crippen LogP contribution in [0.3, 0.4) is 0 Å². The van der Waals surface area contributed by atoms with E-state index in [9.17, 15) is 9.59 Å². The molecule has 0 spiro atoms. The van der Waals surface area contributed by atoms with Gasteiger partial charge in [0.15, 0.2) is 0 Å². The van der Waals surface area contributed by atoms with Crippen molar-refractivity contribution in [2.24, 2.45) is 11.8 Å². The highest BCUT2D eigenvalue weighted by Crippen LogP contribution is 2.22. The number of carboxylic acids is 2. The van der Waals surface area contributed by atoms with Crippen LogP contribution in [0.1, 0.15) is 39.5 Å². The van der Waals surface area contributed by atoms with Crippen LogP contribution in [0.15, 0.2) is 0 Å². The van der Waals surface area contributed by atoms with E-state index >= 15 is 0 Å². The van der Waals surface area contributed by atoms with E-state index < -0.39 is 17.9 Å². The molecule has 0 radical (unpaired) electrons. The number of carboxylic acid groups (broad SMARTS) is 2. The highest BCUT2D eigenvalue weighted by molar-refractivity contribution is 5.72. The van der Waals surface area contributed by atoms with Gasteiger partial charge in [-0.1, -0.05) is 26.7 Å². The van der Waals surface area contributed by atoms with Crippen molar-refractivity contribution in [3.05, 3.63) is 0 Å². The maximum absolute atomic E-state index is 10.8. The van der Waals surface area contributed by atoms with Gasteiger partial charge in [-0.05, 0) is 12.3 Å². The molecular formula is C10H18O4. The van der Waals surface area contributed by atoms with Crippen molar-refractivity contribution in [1.82, 2.24) is 0 Å². The molecule has 0 aliphatic rings. The molecule has 0 saturated carbocycles. The third-order valence-electron chi connectivity index (χ3n) is 2.42. The molecule has 0 bridgehead atoms. The van der Waals surface area contributed by atoms with Crippen molar-refractivity contribution < 1.29 is 19.8 Å². The van der Waals surface area contributed by atoms with E-state index in [-0.39, 0.29) is 18.8 Å². The van der Waals surface area contributed by atoms with E-state index in [0.29, 0.717) is 0 Å². The molecule has 0 aliphatic heterocycles. The average Bonchev–Trinajstić information content (AvgIpc) is 2.03. The van der Waals surface area contributed by atoms with Crippen LogP contribution in [-0.2, 0) is 9.59 Å². The molecule has 0 aromatic heterocycles. The highest BCUT2D eigenvalue weighted by Gasteiger charge is 2.24. The van der Waals surface area contributed by atoms with Gasteiger partial charge in [0.2, 0.25) is 0 Å². The molecule has 82 valence electrons. The second kappa shape index (κ2) is 6.40. The summed E-state index contributed by atoms with van der Waals surface area (Å²) in [4.78, 5) is 21.1. The van der Waals surface area contributed by atoms with Gasteiger partial charge in [0, 0.05) is 6.42 Å². The van der Waals surface area contributed by atoms with Crippen molar-refractivity contribution >= 4 is 11.9 Å². The SMILES string of the molecule is CCCC(C)C(CCC(=O)O)C(=O)O. The Morgan fingerprint density at radius 3 is 2.14 bits per heavy atom. The van der Waals surface area contributed by atoms with Crippen LogP contribution in [0, 0.1) is 11.8 Å². The number of aliphatic carboxylic acids is 2. The van der Waals surface area contributed by atoms with Gasteiger partial charge in [0.25, 0.3) is 0 Å². The lowest BCUT2D eigenvalue weighted by atomic mass is 9.87. The fraction of sp³-hybridized carbons (Fsp3) is 0.800. The standard InChI is InChI=1S/C10H18O4/c1-3-4-7(2)8(10(13)14)5-6-9(11)12/h7-8H,3-6H2,1-2H3,(H,11,12)(H,13,14). The zero-order chi connectivity index (χ0) is 11.1. The lowest BCUT2D eigenvalue weighted by Gasteiger charge is -2.18. The van der Waals surface area contributed by atoms with Crippen molar-refractivity contribution in [3.8, 4) is 0 Å². The molecule has 0 heterocycles. The Kier molecular flexibility index (Phi) is 5.92. The molecule has 0 rings (SSSR count). The second-order valence-electron chi connectivity index (χ2n) is 3.64. The Morgan fingerprint density at radius 2 is 1.79 bits per heavy atom. The smallest absolute Gasteiger partial charge is 0.306 e. The normalized spacial score (nSPS) is 14.7. The molecule has 0 saturated heterocycles. The van der Waals surface area contributed by atoms with Crippen molar-refractivity contribution in [2.45, 2.75) is 39.5 Å². The predicted molar refractivity (Wildman–Crippen MR) is 52.1 cm³/mol. The number of rotatable bonds is 7. The van der Waals surface area contributed by atoms with E-state index in [1.807, 2.05) is 13.8 Å². The zero-order valence-corrected chi connectivity index (χ0v) is 8.69. The van der Waals surface area contributed by atoms with Gasteiger partial charge in [-0.15, -0.1) is 0 Å². The van der Waals surface area contributed by atoms with Crippen LogP contribution in [0.4, 0.5) is 0 Å². The minimum atomic E-state index is -0.931. The molecule has 2 N–H and O–H groups in total. The van der Waals surface area contributed by atoms with Crippen molar-refractivity contribution in [1.29, 1.82) is 0 Å². The first-order valence-corrected chi connectivity index (χ1v) is 4.93. The summed E-state index contributed by atoms with van der Waals surface area (Å²) in [6, 6.07) is 0. The summed E-state index contributed by atoms with van der Waals surface area (Å²) in [6.45, 7) is 3.86. The number of carbonyl (C=O) groups is 2. The summed E-state index contributed by atoms with van der Waals surface area (Å²) in [5, 5.41) is 17.4.